The highest BCUT2D eigenvalue weighted by Gasteiger charge is 2.29. The van der Waals surface area contributed by atoms with E-state index in [0.717, 1.165) is 0 Å². The molecular formula is C24H31N3O4. The van der Waals surface area contributed by atoms with Gasteiger partial charge in [0.25, 0.3) is 0 Å². The van der Waals surface area contributed by atoms with Gasteiger partial charge in [-0.15, -0.1) is 0 Å². The molecule has 0 bridgehead atoms. The topological polar surface area (TPSA) is 79.9 Å². The second-order valence-corrected chi connectivity index (χ2v) is 8.46. The molecule has 166 valence electrons. The Hall–Kier alpha value is -3.06. The van der Waals surface area contributed by atoms with Crippen LogP contribution in [0.4, 0.5) is 9.59 Å². The maximum absolute atomic E-state index is 12.2. The first kappa shape index (κ1) is 22.6. The average molecular weight is 426 g/mol. The third-order valence-electron chi connectivity index (χ3n) is 5.06. The lowest BCUT2D eigenvalue weighted by Gasteiger charge is -2.26. The molecule has 7 heteroatoms. The summed E-state index contributed by atoms with van der Waals surface area (Å²) in [5.74, 6) is 0.0325. The number of hydrazine groups is 1. The van der Waals surface area contributed by atoms with Gasteiger partial charge in [-0.3, -0.25) is 0 Å². The maximum atomic E-state index is 12.2. The molecule has 2 amide bonds. The maximum Gasteiger partial charge on any atom is 0.424 e. The average Bonchev–Trinajstić information content (AvgIpc) is 3.05. The van der Waals surface area contributed by atoms with Gasteiger partial charge in [0.2, 0.25) is 0 Å². The summed E-state index contributed by atoms with van der Waals surface area (Å²) in [7, 11) is 1.66. The van der Waals surface area contributed by atoms with Crippen molar-refractivity contribution in [2.75, 3.05) is 26.7 Å². The molecular weight excluding hydrogens is 394 g/mol. The Bertz CT molecular complexity index is 878. The summed E-state index contributed by atoms with van der Waals surface area (Å²) >= 11 is 0. The SMILES string of the molecule is CNN(CCCNC(=O)OCC1c2ccccc2-c2ccccc21)C(=O)OC(C)(C)C. The van der Waals surface area contributed by atoms with Crippen molar-refractivity contribution in [3.63, 3.8) is 0 Å². The third kappa shape index (κ3) is 5.76. The molecule has 0 saturated heterocycles. The van der Waals surface area contributed by atoms with Gasteiger partial charge in [0, 0.05) is 26.1 Å². The van der Waals surface area contributed by atoms with Crippen molar-refractivity contribution in [2.24, 2.45) is 0 Å². The molecule has 0 spiro atoms. The van der Waals surface area contributed by atoms with Gasteiger partial charge in [-0.1, -0.05) is 48.5 Å². The van der Waals surface area contributed by atoms with Crippen LogP contribution in [0.25, 0.3) is 11.1 Å². The van der Waals surface area contributed by atoms with E-state index in [-0.39, 0.29) is 12.5 Å². The van der Waals surface area contributed by atoms with E-state index in [4.69, 9.17) is 9.47 Å². The molecule has 0 unspecified atom stereocenters. The number of hydrogen-bond donors (Lipinski definition) is 2. The number of alkyl carbamates (subject to hydrolysis) is 1. The number of benzene rings is 2. The molecule has 0 aromatic heterocycles. The van der Waals surface area contributed by atoms with Crippen LogP contribution in [0.15, 0.2) is 48.5 Å². The zero-order valence-electron chi connectivity index (χ0n) is 18.6. The van der Waals surface area contributed by atoms with Crippen LogP contribution in [-0.2, 0) is 9.47 Å². The van der Waals surface area contributed by atoms with E-state index < -0.39 is 17.8 Å². The number of amides is 2. The first-order valence-corrected chi connectivity index (χ1v) is 10.6. The molecule has 2 aromatic rings. The van der Waals surface area contributed by atoms with Crippen LogP contribution in [0, 0.1) is 0 Å². The van der Waals surface area contributed by atoms with E-state index >= 15 is 0 Å². The summed E-state index contributed by atoms with van der Waals surface area (Å²) in [5, 5.41) is 4.13. The van der Waals surface area contributed by atoms with Crippen molar-refractivity contribution in [2.45, 2.75) is 38.7 Å². The second kappa shape index (κ2) is 9.83. The van der Waals surface area contributed by atoms with Crippen LogP contribution in [0.3, 0.4) is 0 Å². The van der Waals surface area contributed by atoms with Gasteiger partial charge in [0.05, 0.1) is 0 Å². The Morgan fingerprint density at radius 3 is 2.13 bits per heavy atom. The van der Waals surface area contributed by atoms with Crippen LogP contribution in [0.1, 0.15) is 44.2 Å². The highest BCUT2D eigenvalue weighted by Crippen LogP contribution is 2.44. The van der Waals surface area contributed by atoms with E-state index in [2.05, 4.69) is 35.0 Å². The predicted octanol–water partition coefficient (Wildman–Crippen LogP) is 4.29. The number of carbonyl (C=O) groups is 2. The summed E-state index contributed by atoms with van der Waals surface area (Å²) in [4.78, 5) is 24.3. The molecule has 0 fully saturated rings. The lowest BCUT2D eigenvalue weighted by molar-refractivity contribution is 0.0158. The van der Waals surface area contributed by atoms with E-state index in [1.807, 2.05) is 45.0 Å². The fraction of sp³-hybridized carbons (Fsp3) is 0.417. The summed E-state index contributed by atoms with van der Waals surface area (Å²) in [6, 6.07) is 16.5. The summed E-state index contributed by atoms with van der Waals surface area (Å²) in [5.41, 5.74) is 6.99. The van der Waals surface area contributed by atoms with Gasteiger partial charge in [0.1, 0.15) is 12.2 Å². The zero-order valence-corrected chi connectivity index (χ0v) is 18.6. The highest BCUT2D eigenvalue weighted by atomic mass is 16.6. The molecule has 1 aliphatic rings. The minimum atomic E-state index is -0.564. The molecule has 0 radical (unpaired) electrons. The monoisotopic (exact) mass is 425 g/mol. The third-order valence-corrected chi connectivity index (χ3v) is 5.06. The predicted molar refractivity (Wildman–Crippen MR) is 120 cm³/mol. The van der Waals surface area contributed by atoms with Crippen molar-refractivity contribution >= 4 is 12.2 Å². The largest absolute Gasteiger partial charge is 0.449 e. The molecule has 3 rings (SSSR count). The number of ether oxygens (including phenoxy) is 2. The van der Waals surface area contributed by atoms with E-state index in [0.29, 0.717) is 19.5 Å². The number of hydrogen-bond acceptors (Lipinski definition) is 5. The number of nitrogens with zero attached hydrogens (tertiary/aromatic N) is 1. The highest BCUT2D eigenvalue weighted by molar-refractivity contribution is 5.79. The van der Waals surface area contributed by atoms with Gasteiger partial charge in [-0.2, -0.15) is 0 Å². The van der Waals surface area contributed by atoms with Gasteiger partial charge < -0.3 is 14.8 Å². The molecule has 1 aliphatic carbocycles. The molecule has 31 heavy (non-hydrogen) atoms. The normalized spacial score (nSPS) is 12.6. The molecule has 0 saturated carbocycles. The van der Waals surface area contributed by atoms with Gasteiger partial charge in [-0.05, 0) is 49.4 Å². The van der Waals surface area contributed by atoms with E-state index in [1.54, 1.807) is 7.05 Å². The minimum absolute atomic E-state index is 0.0325. The number of rotatable bonds is 7. The van der Waals surface area contributed by atoms with Gasteiger partial charge in [0.15, 0.2) is 0 Å². The number of carbonyl (C=O) groups excluding carboxylic acids is 2. The van der Waals surface area contributed by atoms with Crippen molar-refractivity contribution in [3.05, 3.63) is 59.7 Å². The van der Waals surface area contributed by atoms with Crippen LogP contribution in [0.2, 0.25) is 0 Å². The summed E-state index contributed by atoms with van der Waals surface area (Å²) in [6.07, 6.45) is -0.351. The van der Waals surface area contributed by atoms with Crippen LogP contribution in [0.5, 0.6) is 0 Å². The second-order valence-electron chi connectivity index (χ2n) is 8.46. The number of nitrogens with one attached hydrogen (secondary N) is 2. The van der Waals surface area contributed by atoms with Crippen LogP contribution < -0.4 is 10.7 Å². The fourth-order valence-electron chi connectivity index (χ4n) is 3.69. The minimum Gasteiger partial charge on any atom is -0.449 e. The molecule has 2 N–H and O–H groups in total. The zero-order chi connectivity index (χ0) is 22.4. The molecule has 0 aliphatic heterocycles. The van der Waals surface area contributed by atoms with Crippen LogP contribution >= 0.6 is 0 Å². The Labute approximate surface area is 183 Å². The van der Waals surface area contributed by atoms with Crippen molar-refractivity contribution in [3.8, 4) is 11.1 Å². The molecule has 0 atom stereocenters. The van der Waals surface area contributed by atoms with Crippen molar-refractivity contribution in [1.82, 2.24) is 15.8 Å². The Balaban J connectivity index is 1.45. The Morgan fingerprint density at radius 1 is 1.00 bits per heavy atom. The van der Waals surface area contributed by atoms with Crippen LogP contribution in [-0.4, -0.2) is 49.5 Å². The first-order chi connectivity index (χ1) is 14.8. The Kier molecular flexibility index (Phi) is 7.17. The van der Waals surface area contributed by atoms with E-state index in [9.17, 15) is 9.59 Å². The lowest BCUT2D eigenvalue weighted by atomic mass is 9.98. The number of fused-ring (bicyclic) bond motifs is 3. The smallest absolute Gasteiger partial charge is 0.424 e. The molecule has 7 nitrogen and oxygen atoms in total. The Morgan fingerprint density at radius 2 is 1.58 bits per heavy atom. The molecule has 2 aromatic carbocycles. The fourth-order valence-corrected chi connectivity index (χ4v) is 3.69. The first-order valence-electron chi connectivity index (χ1n) is 10.6. The standard InChI is InChI=1S/C24H31N3O4/c1-24(2,3)31-23(29)27(25-4)15-9-14-26-22(28)30-16-21-19-12-7-5-10-17(19)18-11-6-8-13-20(18)21/h5-8,10-13,21,25H,9,14-16H2,1-4H3,(H,26,28). The van der Waals surface area contributed by atoms with E-state index in [1.165, 1.54) is 27.3 Å². The summed E-state index contributed by atoms with van der Waals surface area (Å²) in [6.45, 7) is 6.51. The lowest BCUT2D eigenvalue weighted by Crippen LogP contribution is -2.45. The van der Waals surface area contributed by atoms with Gasteiger partial charge >= 0.3 is 12.2 Å². The van der Waals surface area contributed by atoms with Gasteiger partial charge in [-0.25, -0.2) is 20.0 Å². The summed E-state index contributed by atoms with van der Waals surface area (Å²) < 4.78 is 10.8. The molecule has 0 heterocycles. The quantitative estimate of drug-likeness (QED) is 0.511. The van der Waals surface area contributed by atoms with Crippen molar-refractivity contribution in [1.29, 1.82) is 0 Å². The van der Waals surface area contributed by atoms with Crippen molar-refractivity contribution < 1.29 is 19.1 Å².